The van der Waals surface area contributed by atoms with Gasteiger partial charge >= 0.3 is 0 Å². The second kappa shape index (κ2) is 7.30. The third kappa shape index (κ3) is 4.22. The van der Waals surface area contributed by atoms with Crippen molar-refractivity contribution in [2.45, 2.75) is 46.1 Å². The molecule has 0 saturated carbocycles. The molecule has 1 aliphatic rings. The first-order valence-corrected chi connectivity index (χ1v) is 8.59. The Labute approximate surface area is 139 Å². The van der Waals surface area contributed by atoms with Crippen LogP contribution in [0, 0.1) is 11.8 Å². The van der Waals surface area contributed by atoms with E-state index >= 15 is 0 Å². The standard InChI is InChI=1S/C18H30N4O/c1-13(2)18(4,12-19)21-17(23)15-5-6-16(20-11-15)22-9-7-14(3)8-10-22/h5-6,11,13-14H,7-10,12,19H2,1-4H3,(H,21,23). The van der Waals surface area contributed by atoms with Crippen LogP contribution in [-0.2, 0) is 0 Å². The van der Waals surface area contributed by atoms with Crippen LogP contribution in [0.25, 0.3) is 0 Å². The van der Waals surface area contributed by atoms with Gasteiger partial charge in [0, 0.05) is 25.8 Å². The summed E-state index contributed by atoms with van der Waals surface area (Å²) in [5.41, 5.74) is 6.01. The molecule has 0 aromatic carbocycles. The molecule has 1 aromatic heterocycles. The Morgan fingerprint density at radius 3 is 2.57 bits per heavy atom. The van der Waals surface area contributed by atoms with Gasteiger partial charge in [0.25, 0.3) is 5.91 Å². The summed E-state index contributed by atoms with van der Waals surface area (Å²) in [6, 6.07) is 3.80. The largest absolute Gasteiger partial charge is 0.357 e. The molecule has 0 radical (unpaired) electrons. The lowest BCUT2D eigenvalue weighted by atomic mass is 9.88. The number of aromatic nitrogens is 1. The highest BCUT2D eigenvalue weighted by molar-refractivity contribution is 5.94. The number of amides is 1. The van der Waals surface area contributed by atoms with E-state index in [1.165, 1.54) is 12.8 Å². The first-order valence-electron chi connectivity index (χ1n) is 8.59. The van der Waals surface area contributed by atoms with Crippen LogP contribution in [0.15, 0.2) is 18.3 Å². The molecule has 23 heavy (non-hydrogen) atoms. The third-order valence-electron chi connectivity index (χ3n) is 5.22. The summed E-state index contributed by atoms with van der Waals surface area (Å²) in [6.07, 6.45) is 4.07. The van der Waals surface area contributed by atoms with Crippen LogP contribution in [0.2, 0.25) is 0 Å². The number of nitrogens with one attached hydrogen (secondary N) is 1. The van der Waals surface area contributed by atoms with E-state index in [0.717, 1.165) is 24.8 Å². The fourth-order valence-electron chi connectivity index (χ4n) is 2.71. The number of nitrogens with zero attached hydrogens (tertiary/aromatic N) is 2. The summed E-state index contributed by atoms with van der Waals surface area (Å²) >= 11 is 0. The highest BCUT2D eigenvalue weighted by atomic mass is 16.1. The monoisotopic (exact) mass is 318 g/mol. The molecule has 0 bridgehead atoms. The molecule has 5 nitrogen and oxygen atoms in total. The minimum absolute atomic E-state index is 0.113. The SMILES string of the molecule is CC1CCN(c2ccc(C(=O)NC(C)(CN)C(C)C)cn2)CC1. The predicted molar refractivity (Wildman–Crippen MR) is 94.6 cm³/mol. The van der Waals surface area contributed by atoms with Gasteiger partial charge in [-0.3, -0.25) is 4.79 Å². The topological polar surface area (TPSA) is 71.2 Å². The van der Waals surface area contributed by atoms with E-state index in [4.69, 9.17) is 5.73 Å². The molecule has 1 amide bonds. The summed E-state index contributed by atoms with van der Waals surface area (Å²) in [6.45, 7) is 10.9. The molecule has 0 aliphatic carbocycles. The highest BCUT2D eigenvalue weighted by Gasteiger charge is 2.29. The van der Waals surface area contributed by atoms with Gasteiger partial charge in [-0.15, -0.1) is 0 Å². The Morgan fingerprint density at radius 2 is 2.09 bits per heavy atom. The Hall–Kier alpha value is -1.62. The lowest BCUT2D eigenvalue weighted by Gasteiger charge is -2.33. The molecule has 1 fully saturated rings. The second-order valence-corrected chi connectivity index (χ2v) is 7.31. The Bertz CT molecular complexity index is 520. The van der Waals surface area contributed by atoms with Crippen molar-refractivity contribution in [2.75, 3.05) is 24.5 Å². The van der Waals surface area contributed by atoms with E-state index in [2.05, 4.69) is 36.0 Å². The minimum atomic E-state index is -0.404. The fraction of sp³-hybridized carbons (Fsp3) is 0.667. The van der Waals surface area contributed by atoms with E-state index in [9.17, 15) is 4.79 Å². The normalized spacial score (nSPS) is 18.8. The quantitative estimate of drug-likeness (QED) is 0.874. The van der Waals surface area contributed by atoms with Crippen molar-refractivity contribution in [3.8, 4) is 0 Å². The molecule has 1 atom stereocenters. The van der Waals surface area contributed by atoms with Crippen molar-refractivity contribution >= 4 is 11.7 Å². The summed E-state index contributed by atoms with van der Waals surface area (Å²) in [4.78, 5) is 19.2. The smallest absolute Gasteiger partial charge is 0.253 e. The average molecular weight is 318 g/mol. The summed E-state index contributed by atoms with van der Waals surface area (Å²) < 4.78 is 0. The Morgan fingerprint density at radius 1 is 1.43 bits per heavy atom. The average Bonchev–Trinajstić information content (AvgIpc) is 2.55. The van der Waals surface area contributed by atoms with Crippen LogP contribution < -0.4 is 16.0 Å². The highest BCUT2D eigenvalue weighted by Crippen LogP contribution is 2.21. The Kier molecular flexibility index (Phi) is 5.63. The van der Waals surface area contributed by atoms with E-state index in [0.29, 0.717) is 12.1 Å². The number of carbonyl (C=O) groups is 1. The number of hydrogen-bond acceptors (Lipinski definition) is 4. The van der Waals surface area contributed by atoms with Crippen molar-refractivity contribution in [1.82, 2.24) is 10.3 Å². The fourth-order valence-corrected chi connectivity index (χ4v) is 2.71. The minimum Gasteiger partial charge on any atom is -0.357 e. The number of hydrogen-bond donors (Lipinski definition) is 2. The summed E-state index contributed by atoms with van der Waals surface area (Å²) in [7, 11) is 0. The zero-order chi connectivity index (χ0) is 17.0. The Balaban J connectivity index is 2.03. The van der Waals surface area contributed by atoms with Gasteiger partial charge in [-0.1, -0.05) is 20.8 Å². The molecular formula is C18H30N4O. The van der Waals surface area contributed by atoms with Crippen molar-refractivity contribution in [3.05, 3.63) is 23.9 Å². The zero-order valence-electron chi connectivity index (χ0n) is 14.8. The number of rotatable bonds is 5. The van der Waals surface area contributed by atoms with Crippen LogP contribution in [0.4, 0.5) is 5.82 Å². The number of nitrogens with two attached hydrogens (primary N) is 1. The van der Waals surface area contributed by atoms with Gasteiger partial charge in [-0.25, -0.2) is 4.98 Å². The third-order valence-corrected chi connectivity index (χ3v) is 5.22. The maximum absolute atomic E-state index is 12.4. The van der Waals surface area contributed by atoms with Crippen molar-refractivity contribution < 1.29 is 4.79 Å². The van der Waals surface area contributed by atoms with Gasteiger partial charge < -0.3 is 16.0 Å². The second-order valence-electron chi connectivity index (χ2n) is 7.31. The first-order chi connectivity index (χ1) is 10.9. The van der Waals surface area contributed by atoms with Gasteiger partial charge in [0.05, 0.1) is 11.1 Å². The predicted octanol–water partition coefficient (Wildman–Crippen LogP) is 2.42. The molecule has 3 N–H and O–H groups in total. The lowest BCUT2D eigenvalue weighted by molar-refractivity contribution is 0.0883. The van der Waals surface area contributed by atoms with Crippen LogP contribution in [0.5, 0.6) is 0 Å². The van der Waals surface area contributed by atoms with Crippen molar-refractivity contribution in [3.63, 3.8) is 0 Å². The molecule has 2 rings (SSSR count). The molecule has 1 aromatic rings. The number of pyridine rings is 1. The van der Waals surface area contributed by atoms with Gasteiger partial charge in [-0.2, -0.15) is 0 Å². The molecule has 0 spiro atoms. The number of piperidine rings is 1. The van der Waals surface area contributed by atoms with Crippen LogP contribution in [-0.4, -0.2) is 36.1 Å². The van der Waals surface area contributed by atoms with E-state index in [1.54, 1.807) is 6.20 Å². The van der Waals surface area contributed by atoms with E-state index in [1.807, 2.05) is 19.1 Å². The molecule has 5 heteroatoms. The zero-order valence-corrected chi connectivity index (χ0v) is 14.8. The maximum atomic E-state index is 12.4. The van der Waals surface area contributed by atoms with Crippen molar-refractivity contribution in [2.24, 2.45) is 17.6 Å². The van der Waals surface area contributed by atoms with Gasteiger partial charge in [0.2, 0.25) is 0 Å². The van der Waals surface area contributed by atoms with Crippen LogP contribution in [0.1, 0.15) is 50.9 Å². The number of anilines is 1. The molecule has 1 unspecified atom stereocenters. The van der Waals surface area contributed by atoms with E-state index in [-0.39, 0.29) is 11.8 Å². The van der Waals surface area contributed by atoms with Crippen LogP contribution >= 0.6 is 0 Å². The van der Waals surface area contributed by atoms with E-state index < -0.39 is 5.54 Å². The molecule has 128 valence electrons. The molecular weight excluding hydrogens is 288 g/mol. The summed E-state index contributed by atoms with van der Waals surface area (Å²) in [5.74, 6) is 1.90. The first kappa shape index (κ1) is 17.7. The molecule has 2 heterocycles. The summed E-state index contributed by atoms with van der Waals surface area (Å²) in [5, 5.41) is 3.05. The van der Waals surface area contributed by atoms with Crippen LogP contribution in [0.3, 0.4) is 0 Å². The number of carbonyl (C=O) groups excluding carboxylic acids is 1. The van der Waals surface area contributed by atoms with Crippen molar-refractivity contribution in [1.29, 1.82) is 0 Å². The van der Waals surface area contributed by atoms with Gasteiger partial charge in [-0.05, 0) is 43.7 Å². The van der Waals surface area contributed by atoms with Gasteiger partial charge in [0.15, 0.2) is 0 Å². The maximum Gasteiger partial charge on any atom is 0.253 e. The van der Waals surface area contributed by atoms with Gasteiger partial charge in [0.1, 0.15) is 5.82 Å². The molecule has 1 aliphatic heterocycles. The lowest BCUT2D eigenvalue weighted by Crippen LogP contribution is -2.55. The molecule has 1 saturated heterocycles.